The summed E-state index contributed by atoms with van der Waals surface area (Å²) in [6, 6.07) is 8.70. The maximum atomic E-state index is 5.49. The summed E-state index contributed by atoms with van der Waals surface area (Å²) < 4.78 is 11.8. The van der Waals surface area contributed by atoms with Crippen LogP contribution in [-0.4, -0.2) is 26.0 Å². The molecule has 1 heterocycles. The van der Waals surface area contributed by atoms with E-state index in [1.807, 2.05) is 6.07 Å². The molecule has 94 valence electrons. The van der Waals surface area contributed by atoms with Crippen LogP contribution in [0.15, 0.2) is 28.7 Å². The van der Waals surface area contributed by atoms with Crippen molar-refractivity contribution in [1.82, 2.24) is 5.32 Å². The predicted octanol–water partition coefficient (Wildman–Crippen LogP) is 2.86. The largest absolute Gasteiger partial charge is 0.355 e. The van der Waals surface area contributed by atoms with Gasteiger partial charge in [0.2, 0.25) is 0 Å². The molecule has 17 heavy (non-hydrogen) atoms. The highest BCUT2D eigenvalue weighted by molar-refractivity contribution is 9.10. The molecule has 1 aromatic carbocycles. The molecule has 1 fully saturated rings. The van der Waals surface area contributed by atoms with Gasteiger partial charge in [-0.2, -0.15) is 0 Å². The lowest BCUT2D eigenvalue weighted by atomic mass is 10.1. The summed E-state index contributed by atoms with van der Waals surface area (Å²) in [5.74, 6) is 0. The standard InChI is InChI=1S/C13H18BrNO2/c1-10(11-3-2-4-12(14)7-11)15-8-13-5-6-16-9-17-13/h2-4,7,10,13,15H,5-6,8-9H2,1H3/t10-,13?/m0/s1. The van der Waals surface area contributed by atoms with Gasteiger partial charge in [-0.1, -0.05) is 28.1 Å². The number of ether oxygens (including phenoxy) is 2. The molecule has 0 aliphatic carbocycles. The van der Waals surface area contributed by atoms with Gasteiger partial charge in [0.1, 0.15) is 6.79 Å². The second-order valence-corrected chi connectivity index (χ2v) is 5.20. The lowest BCUT2D eigenvalue weighted by Crippen LogP contribution is -2.35. The van der Waals surface area contributed by atoms with E-state index in [1.54, 1.807) is 0 Å². The molecule has 0 saturated carbocycles. The Bertz CT molecular complexity index is 353. The molecule has 1 aliphatic rings. The Balaban J connectivity index is 1.82. The molecule has 0 aromatic heterocycles. The third kappa shape index (κ3) is 4.07. The van der Waals surface area contributed by atoms with Crippen LogP contribution in [0.4, 0.5) is 0 Å². The molecule has 3 nitrogen and oxygen atoms in total. The predicted molar refractivity (Wildman–Crippen MR) is 70.9 cm³/mol. The maximum absolute atomic E-state index is 5.49. The fourth-order valence-corrected chi connectivity index (χ4v) is 2.28. The van der Waals surface area contributed by atoms with Crippen LogP contribution in [0.1, 0.15) is 24.9 Å². The molecule has 0 radical (unpaired) electrons. The van der Waals surface area contributed by atoms with Crippen LogP contribution < -0.4 is 5.32 Å². The van der Waals surface area contributed by atoms with E-state index in [1.165, 1.54) is 5.56 Å². The molecular formula is C13H18BrNO2. The molecule has 1 saturated heterocycles. The number of hydrogen-bond donors (Lipinski definition) is 1. The first-order valence-electron chi connectivity index (χ1n) is 5.94. The molecule has 0 amide bonds. The molecule has 0 bridgehead atoms. The average molecular weight is 300 g/mol. The van der Waals surface area contributed by atoms with Crippen molar-refractivity contribution < 1.29 is 9.47 Å². The van der Waals surface area contributed by atoms with Gasteiger partial charge in [-0.05, 0) is 31.0 Å². The Morgan fingerprint density at radius 1 is 1.53 bits per heavy atom. The van der Waals surface area contributed by atoms with Gasteiger partial charge in [-0.3, -0.25) is 0 Å². The van der Waals surface area contributed by atoms with Crippen LogP contribution >= 0.6 is 15.9 Å². The minimum absolute atomic E-state index is 0.276. The Kier molecular flexibility index (Phi) is 4.98. The normalized spacial score (nSPS) is 22.4. The zero-order valence-corrected chi connectivity index (χ0v) is 11.6. The molecule has 1 aromatic rings. The van der Waals surface area contributed by atoms with Gasteiger partial charge in [0.25, 0.3) is 0 Å². The van der Waals surface area contributed by atoms with Crippen molar-refractivity contribution >= 4 is 15.9 Å². The van der Waals surface area contributed by atoms with Gasteiger partial charge in [0.05, 0.1) is 12.7 Å². The van der Waals surface area contributed by atoms with Crippen molar-refractivity contribution in [2.24, 2.45) is 0 Å². The van der Waals surface area contributed by atoms with E-state index in [0.29, 0.717) is 12.8 Å². The fourth-order valence-electron chi connectivity index (χ4n) is 1.86. The van der Waals surface area contributed by atoms with Crippen molar-refractivity contribution in [3.05, 3.63) is 34.3 Å². The molecular weight excluding hydrogens is 282 g/mol. The number of halogens is 1. The third-order valence-corrected chi connectivity index (χ3v) is 3.46. The van der Waals surface area contributed by atoms with Gasteiger partial charge >= 0.3 is 0 Å². The van der Waals surface area contributed by atoms with E-state index in [0.717, 1.165) is 24.0 Å². The number of benzene rings is 1. The Labute approximate surface area is 111 Å². The monoisotopic (exact) mass is 299 g/mol. The molecule has 2 atom stereocenters. The second-order valence-electron chi connectivity index (χ2n) is 4.29. The molecule has 1 unspecified atom stereocenters. The highest BCUT2D eigenvalue weighted by Gasteiger charge is 2.15. The second kappa shape index (κ2) is 6.50. The van der Waals surface area contributed by atoms with E-state index < -0.39 is 0 Å². The molecule has 1 N–H and O–H groups in total. The Morgan fingerprint density at radius 3 is 3.12 bits per heavy atom. The zero-order valence-electron chi connectivity index (χ0n) is 9.99. The minimum atomic E-state index is 0.276. The lowest BCUT2D eigenvalue weighted by molar-refractivity contribution is -0.137. The summed E-state index contributed by atoms with van der Waals surface area (Å²) >= 11 is 3.49. The first-order valence-corrected chi connectivity index (χ1v) is 6.73. The average Bonchev–Trinajstić information content (AvgIpc) is 2.37. The van der Waals surface area contributed by atoms with Crippen molar-refractivity contribution in [3.8, 4) is 0 Å². The maximum Gasteiger partial charge on any atom is 0.147 e. The number of rotatable bonds is 4. The van der Waals surface area contributed by atoms with E-state index in [2.05, 4.69) is 46.4 Å². The lowest BCUT2D eigenvalue weighted by Gasteiger charge is -2.25. The zero-order chi connectivity index (χ0) is 12.1. The van der Waals surface area contributed by atoms with Crippen molar-refractivity contribution in [2.45, 2.75) is 25.5 Å². The molecule has 2 rings (SSSR count). The summed E-state index contributed by atoms with van der Waals surface area (Å²) in [5.41, 5.74) is 1.28. The summed E-state index contributed by atoms with van der Waals surface area (Å²) in [7, 11) is 0. The fraction of sp³-hybridized carbons (Fsp3) is 0.538. The van der Waals surface area contributed by atoms with Crippen LogP contribution in [0.3, 0.4) is 0 Å². The van der Waals surface area contributed by atoms with Gasteiger partial charge in [-0.15, -0.1) is 0 Å². The Morgan fingerprint density at radius 2 is 2.41 bits per heavy atom. The van der Waals surface area contributed by atoms with Gasteiger partial charge < -0.3 is 14.8 Å². The first kappa shape index (κ1) is 13.0. The van der Waals surface area contributed by atoms with Crippen LogP contribution in [0.5, 0.6) is 0 Å². The summed E-state index contributed by atoms with van der Waals surface area (Å²) in [5, 5.41) is 3.49. The Hall–Kier alpha value is -0.420. The number of nitrogens with one attached hydrogen (secondary N) is 1. The molecule has 1 aliphatic heterocycles. The van der Waals surface area contributed by atoms with Crippen LogP contribution in [0.25, 0.3) is 0 Å². The summed E-state index contributed by atoms with van der Waals surface area (Å²) in [6.45, 7) is 4.27. The van der Waals surface area contributed by atoms with E-state index in [4.69, 9.17) is 9.47 Å². The van der Waals surface area contributed by atoms with Crippen molar-refractivity contribution in [2.75, 3.05) is 19.9 Å². The van der Waals surface area contributed by atoms with Gasteiger partial charge in [0.15, 0.2) is 0 Å². The molecule has 4 heteroatoms. The number of hydrogen-bond acceptors (Lipinski definition) is 3. The van der Waals surface area contributed by atoms with E-state index in [-0.39, 0.29) is 6.10 Å². The highest BCUT2D eigenvalue weighted by atomic mass is 79.9. The minimum Gasteiger partial charge on any atom is -0.355 e. The topological polar surface area (TPSA) is 30.5 Å². The quantitative estimate of drug-likeness (QED) is 0.927. The highest BCUT2D eigenvalue weighted by Crippen LogP contribution is 2.18. The summed E-state index contributed by atoms with van der Waals surface area (Å²) in [4.78, 5) is 0. The first-order chi connectivity index (χ1) is 8.25. The van der Waals surface area contributed by atoms with Crippen LogP contribution in [0.2, 0.25) is 0 Å². The SMILES string of the molecule is C[C@H](NCC1CCOCO1)c1cccc(Br)c1. The van der Waals surface area contributed by atoms with Crippen LogP contribution in [0, 0.1) is 0 Å². The van der Waals surface area contributed by atoms with Crippen molar-refractivity contribution in [3.63, 3.8) is 0 Å². The smallest absolute Gasteiger partial charge is 0.147 e. The van der Waals surface area contributed by atoms with Gasteiger partial charge in [-0.25, -0.2) is 0 Å². The van der Waals surface area contributed by atoms with E-state index in [9.17, 15) is 0 Å². The third-order valence-electron chi connectivity index (χ3n) is 2.97. The van der Waals surface area contributed by atoms with Gasteiger partial charge in [0, 0.05) is 17.1 Å². The van der Waals surface area contributed by atoms with Crippen LogP contribution in [-0.2, 0) is 9.47 Å². The molecule has 0 spiro atoms. The van der Waals surface area contributed by atoms with Crippen molar-refractivity contribution in [1.29, 1.82) is 0 Å². The summed E-state index contributed by atoms with van der Waals surface area (Å²) in [6.07, 6.45) is 1.25. The van der Waals surface area contributed by atoms with E-state index >= 15 is 0 Å².